The van der Waals surface area contributed by atoms with Crippen molar-refractivity contribution in [3.8, 4) is 22.8 Å². The summed E-state index contributed by atoms with van der Waals surface area (Å²) >= 11 is 0. The monoisotopic (exact) mass is 358 g/mol. The molecule has 27 heavy (non-hydrogen) atoms. The van der Waals surface area contributed by atoms with Gasteiger partial charge >= 0.3 is 0 Å². The van der Waals surface area contributed by atoms with E-state index in [-0.39, 0.29) is 22.0 Å². The number of carbonyl (C=O) groups excluding carboxylic acids is 1. The Morgan fingerprint density at radius 1 is 0.889 bits per heavy atom. The van der Waals surface area contributed by atoms with Crippen molar-refractivity contribution in [2.24, 2.45) is 0 Å². The molecule has 0 spiro atoms. The van der Waals surface area contributed by atoms with Gasteiger partial charge in [0.25, 0.3) is 5.91 Å². The Labute approximate surface area is 153 Å². The van der Waals surface area contributed by atoms with Crippen LogP contribution in [0, 0.1) is 0 Å². The number of carbonyl (C=O) groups is 1. The van der Waals surface area contributed by atoms with Gasteiger partial charge in [-0.15, -0.1) is 0 Å². The van der Waals surface area contributed by atoms with E-state index in [4.69, 9.17) is 0 Å². The van der Waals surface area contributed by atoms with Crippen LogP contribution in [-0.2, 0) is 0 Å². The van der Waals surface area contributed by atoms with Crippen LogP contribution in [0.5, 0.6) is 11.5 Å². The highest BCUT2D eigenvalue weighted by Crippen LogP contribution is 2.31. The number of pyridine rings is 2. The third-order valence-electron chi connectivity index (χ3n) is 4.26. The highest BCUT2D eigenvalue weighted by molar-refractivity contribution is 6.03. The number of hydrogen-bond acceptors (Lipinski definition) is 5. The Morgan fingerprint density at radius 3 is 2.30 bits per heavy atom. The second-order valence-corrected chi connectivity index (χ2v) is 5.97. The summed E-state index contributed by atoms with van der Waals surface area (Å²) in [5, 5.41) is 19.9. The molecule has 0 saturated heterocycles. The maximum Gasteiger partial charge on any atom is 0.281 e. The summed E-state index contributed by atoms with van der Waals surface area (Å²) in [6.07, 6.45) is 1.50. The lowest BCUT2D eigenvalue weighted by Gasteiger charge is -2.16. The molecule has 0 radical (unpaired) electrons. The normalized spacial score (nSPS) is 10.8. The Hall–Kier alpha value is -3.93. The smallest absolute Gasteiger partial charge is 0.281 e. The van der Waals surface area contributed by atoms with Crippen molar-refractivity contribution in [1.29, 1.82) is 0 Å². The number of benzene rings is 2. The van der Waals surface area contributed by atoms with Gasteiger partial charge in [-0.1, -0.05) is 36.4 Å². The third-order valence-corrected chi connectivity index (χ3v) is 4.26. The Morgan fingerprint density at radius 2 is 1.59 bits per heavy atom. The molecular formula is C21H14N2O4. The van der Waals surface area contributed by atoms with E-state index in [2.05, 4.69) is 4.98 Å². The number of rotatable bonds is 2. The first-order chi connectivity index (χ1) is 13.1. The standard InChI is InChI=1S/C21H14N2O4/c24-18-11-16(13-6-2-1-3-7-13)23(21(27)15-8-4-5-9-22-15)17-12-20(26)19(25)10-14(17)18/h1-12,25-26H. The first-order valence-corrected chi connectivity index (χ1v) is 8.19. The van der Waals surface area contributed by atoms with Crippen LogP contribution in [0.15, 0.2) is 77.7 Å². The Bertz CT molecular complexity index is 1220. The lowest BCUT2D eigenvalue weighted by atomic mass is 10.1. The van der Waals surface area contributed by atoms with E-state index in [1.807, 2.05) is 6.07 Å². The van der Waals surface area contributed by atoms with E-state index >= 15 is 0 Å². The lowest BCUT2D eigenvalue weighted by Crippen LogP contribution is -2.20. The quantitative estimate of drug-likeness (QED) is 0.537. The van der Waals surface area contributed by atoms with Crippen LogP contribution in [-0.4, -0.2) is 25.7 Å². The molecule has 4 rings (SSSR count). The van der Waals surface area contributed by atoms with E-state index in [1.54, 1.807) is 42.5 Å². The van der Waals surface area contributed by atoms with Crippen LogP contribution >= 0.6 is 0 Å². The van der Waals surface area contributed by atoms with Crippen molar-refractivity contribution in [1.82, 2.24) is 9.55 Å². The SMILES string of the molecule is O=C(c1ccccn1)n1c(-c2ccccc2)cc(=O)c2cc(O)c(O)cc21. The van der Waals surface area contributed by atoms with Gasteiger partial charge in [0, 0.05) is 18.3 Å². The average Bonchev–Trinajstić information content (AvgIpc) is 2.70. The summed E-state index contributed by atoms with van der Waals surface area (Å²) in [4.78, 5) is 29.9. The maximum absolute atomic E-state index is 13.2. The van der Waals surface area contributed by atoms with E-state index in [0.717, 1.165) is 6.07 Å². The van der Waals surface area contributed by atoms with Crippen molar-refractivity contribution in [3.63, 3.8) is 0 Å². The average molecular weight is 358 g/mol. The molecule has 0 fully saturated rings. The van der Waals surface area contributed by atoms with Gasteiger partial charge in [0.1, 0.15) is 5.69 Å². The molecule has 0 unspecified atom stereocenters. The number of aromatic hydroxyl groups is 2. The Balaban J connectivity index is 2.12. The molecule has 6 nitrogen and oxygen atoms in total. The molecule has 132 valence electrons. The largest absolute Gasteiger partial charge is 0.504 e. The molecule has 0 bridgehead atoms. The zero-order valence-corrected chi connectivity index (χ0v) is 14.0. The molecule has 0 atom stereocenters. The molecule has 0 aliphatic heterocycles. The number of phenols is 2. The molecular weight excluding hydrogens is 344 g/mol. The van der Waals surface area contributed by atoms with Crippen LogP contribution in [0.3, 0.4) is 0 Å². The molecule has 2 heterocycles. The van der Waals surface area contributed by atoms with Crippen LogP contribution in [0.25, 0.3) is 22.2 Å². The van der Waals surface area contributed by atoms with Gasteiger partial charge in [-0.25, -0.2) is 0 Å². The van der Waals surface area contributed by atoms with Gasteiger partial charge in [0.2, 0.25) is 0 Å². The molecule has 2 aromatic heterocycles. The molecule has 4 aromatic rings. The third kappa shape index (κ3) is 2.83. The van der Waals surface area contributed by atoms with Crippen LogP contribution in [0.4, 0.5) is 0 Å². The molecule has 2 aromatic carbocycles. The van der Waals surface area contributed by atoms with Crippen molar-refractivity contribution in [2.45, 2.75) is 0 Å². The van der Waals surface area contributed by atoms with Gasteiger partial charge < -0.3 is 10.2 Å². The molecule has 0 amide bonds. The topological polar surface area (TPSA) is 92.4 Å². The van der Waals surface area contributed by atoms with Gasteiger partial charge in [-0.05, 0) is 23.8 Å². The molecule has 6 heteroatoms. The van der Waals surface area contributed by atoms with Crippen LogP contribution < -0.4 is 5.43 Å². The Kier molecular flexibility index (Phi) is 3.93. The fraction of sp³-hybridized carbons (Fsp3) is 0. The highest BCUT2D eigenvalue weighted by atomic mass is 16.3. The fourth-order valence-electron chi connectivity index (χ4n) is 2.99. The van der Waals surface area contributed by atoms with Crippen LogP contribution in [0.2, 0.25) is 0 Å². The number of phenolic OH excluding ortho intramolecular Hbond substituents is 2. The molecule has 0 aliphatic rings. The first kappa shape index (κ1) is 16.5. The predicted molar refractivity (Wildman–Crippen MR) is 101 cm³/mol. The minimum Gasteiger partial charge on any atom is -0.504 e. The maximum atomic E-state index is 13.2. The molecule has 2 N–H and O–H groups in total. The minimum atomic E-state index is -0.454. The summed E-state index contributed by atoms with van der Waals surface area (Å²) in [7, 11) is 0. The van der Waals surface area contributed by atoms with E-state index in [9.17, 15) is 19.8 Å². The van der Waals surface area contributed by atoms with E-state index in [0.29, 0.717) is 11.3 Å². The minimum absolute atomic E-state index is 0.120. The van der Waals surface area contributed by atoms with Crippen molar-refractivity contribution < 1.29 is 15.0 Å². The first-order valence-electron chi connectivity index (χ1n) is 8.19. The summed E-state index contributed by atoms with van der Waals surface area (Å²) in [6, 6.07) is 17.7. The zero-order chi connectivity index (χ0) is 19.0. The van der Waals surface area contributed by atoms with Gasteiger partial charge in [0.15, 0.2) is 16.9 Å². The molecule has 0 aliphatic carbocycles. The van der Waals surface area contributed by atoms with Crippen molar-refractivity contribution >= 4 is 16.8 Å². The van der Waals surface area contributed by atoms with Gasteiger partial charge in [-0.2, -0.15) is 0 Å². The summed E-state index contributed by atoms with van der Waals surface area (Å²) < 4.78 is 1.33. The summed E-state index contributed by atoms with van der Waals surface area (Å²) in [5.74, 6) is -1.30. The predicted octanol–water partition coefficient (Wildman–Crippen LogP) is 3.16. The second-order valence-electron chi connectivity index (χ2n) is 5.97. The number of fused-ring (bicyclic) bond motifs is 1. The summed E-state index contributed by atoms with van der Waals surface area (Å²) in [6.45, 7) is 0. The van der Waals surface area contributed by atoms with Gasteiger partial charge in [0.05, 0.1) is 16.6 Å². The zero-order valence-electron chi connectivity index (χ0n) is 14.0. The van der Waals surface area contributed by atoms with E-state index in [1.165, 1.54) is 22.9 Å². The van der Waals surface area contributed by atoms with Crippen LogP contribution in [0.1, 0.15) is 10.5 Å². The summed E-state index contributed by atoms with van der Waals surface area (Å²) in [5.41, 5.74) is 1.03. The number of aromatic nitrogens is 2. The van der Waals surface area contributed by atoms with Crippen molar-refractivity contribution in [3.05, 3.63) is 88.8 Å². The van der Waals surface area contributed by atoms with E-state index < -0.39 is 17.4 Å². The van der Waals surface area contributed by atoms with Gasteiger partial charge in [-0.3, -0.25) is 19.1 Å². The second kappa shape index (κ2) is 6.42. The number of nitrogens with zero attached hydrogens (tertiary/aromatic N) is 2. The fourth-order valence-corrected chi connectivity index (χ4v) is 2.99. The lowest BCUT2D eigenvalue weighted by molar-refractivity contribution is 0.0961. The number of hydrogen-bond donors (Lipinski definition) is 2. The molecule has 0 saturated carbocycles. The highest BCUT2D eigenvalue weighted by Gasteiger charge is 2.20. The van der Waals surface area contributed by atoms with Crippen molar-refractivity contribution in [2.75, 3.05) is 0 Å².